The molecule has 1 N–H and O–H groups in total. The van der Waals surface area contributed by atoms with Crippen LogP contribution in [0.4, 0.5) is 11.4 Å². The van der Waals surface area contributed by atoms with Gasteiger partial charge in [-0.25, -0.2) is 0 Å². The van der Waals surface area contributed by atoms with Gasteiger partial charge in [-0.3, -0.25) is 19.8 Å². The van der Waals surface area contributed by atoms with Crippen LogP contribution >= 0.6 is 12.2 Å². The highest BCUT2D eigenvalue weighted by Gasteiger charge is 2.33. The number of nitrogens with zero attached hydrogens (tertiary/aromatic N) is 2. The number of nitro benzene ring substituents is 1. The number of carbonyl (C=O) groups excluding carboxylic acids is 1. The van der Waals surface area contributed by atoms with Gasteiger partial charge >= 0.3 is 0 Å². The quantitative estimate of drug-likeness (QED) is 0.333. The molecule has 1 aliphatic heterocycles. The molecule has 0 spiro atoms. The lowest BCUT2D eigenvalue weighted by molar-refractivity contribution is -0.385. The highest BCUT2D eigenvalue weighted by molar-refractivity contribution is 7.80. The summed E-state index contributed by atoms with van der Waals surface area (Å²) in [5.41, 5.74) is 0.570. The number of methoxy groups -OCH3 is 3. The standard InChI is InChI=1S/C19H17N3O6S/c1-26-13-6-4-12(5-7-13)21-18(23)14(20-19(21)29)8-11-9-16(27-2)17(28-3)10-15(11)22(24)25/h4-10H,1-3H3,(H,20,29)/b14-8-. The van der Waals surface area contributed by atoms with Gasteiger partial charge in [0.05, 0.1) is 43.6 Å². The second kappa shape index (κ2) is 8.15. The number of benzene rings is 2. The number of nitro groups is 1. The van der Waals surface area contributed by atoms with Gasteiger partial charge in [-0.1, -0.05) is 0 Å². The second-order valence-electron chi connectivity index (χ2n) is 5.85. The Morgan fingerprint density at radius 2 is 1.69 bits per heavy atom. The smallest absolute Gasteiger partial charge is 0.281 e. The molecule has 0 atom stereocenters. The van der Waals surface area contributed by atoms with Crippen LogP contribution in [0.25, 0.3) is 6.08 Å². The average Bonchev–Trinajstić information content (AvgIpc) is 3.00. The molecular formula is C19H17N3O6S. The van der Waals surface area contributed by atoms with E-state index < -0.39 is 10.8 Å². The molecule has 2 aromatic rings. The van der Waals surface area contributed by atoms with Crippen LogP contribution in [0, 0.1) is 10.1 Å². The molecule has 9 nitrogen and oxygen atoms in total. The first kappa shape index (κ1) is 20.1. The summed E-state index contributed by atoms with van der Waals surface area (Å²) in [6, 6.07) is 9.44. The van der Waals surface area contributed by atoms with E-state index in [-0.39, 0.29) is 27.8 Å². The number of ether oxygens (including phenoxy) is 3. The molecule has 1 heterocycles. The zero-order valence-electron chi connectivity index (χ0n) is 15.8. The Kier molecular flexibility index (Phi) is 5.64. The number of thiocarbonyl (C=S) groups is 1. The van der Waals surface area contributed by atoms with Crippen molar-refractivity contribution in [1.29, 1.82) is 0 Å². The van der Waals surface area contributed by atoms with E-state index in [0.717, 1.165) is 0 Å². The Bertz CT molecular complexity index is 1020. The van der Waals surface area contributed by atoms with Crippen LogP contribution in [0.2, 0.25) is 0 Å². The van der Waals surface area contributed by atoms with Crippen LogP contribution in [0.1, 0.15) is 5.56 Å². The van der Waals surface area contributed by atoms with Gasteiger partial charge in [0.15, 0.2) is 16.6 Å². The van der Waals surface area contributed by atoms with Crippen LogP contribution < -0.4 is 24.4 Å². The molecule has 0 aliphatic carbocycles. The zero-order chi connectivity index (χ0) is 21.1. The molecule has 0 aromatic heterocycles. The molecule has 0 bridgehead atoms. The molecule has 3 rings (SSSR count). The molecule has 0 unspecified atom stereocenters. The van der Waals surface area contributed by atoms with Crippen molar-refractivity contribution in [1.82, 2.24) is 5.32 Å². The molecule has 29 heavy (non-hydrogen) atoms. The minimum absolute atomic E-state index is 0.0983. The first-order chi connectivity index (χ1) is 13.9. The number of anilines is 1. The van der Waals surface area contributed by atoms with Crippen molar-refractivity contribution < 1.29 is 23.9 Å². The first-order valence-electron chi connectivity index (χ1n) is 8.31. The Balaban J connectivity index is 2.01. The predicted octanol–water partition coefficient (Wildman–Crippen LogP) is 2.88. The largest absolute Gasteiger partial charge is 0.497 e. The lowest BCUT2D eigenvalue weighted by atomic mass is 10.1. The van der Waals surface area contributed by atoms with Crippen molar-refractivity contribution in [2.45, 2.75) is 0 Å². The van der Waals surface area contributed by atoms with Crippen molar-refractivity contribution in [3.63, 3.8) is 0 Å². The third-order valence-electron chi connectivity index (χ3n) is 4.24. The third-order valence-corrected chi connectivity index (χ3v) is 4.52. The highest BCUT2D eigenvalue weighted by Crippen LogP contribution is 2.36. The maximum atomic E-state index is 12.9. The molecule has 1 aliphatic rings. The van der Waals surface area contributed by atoms with Gasteiger partial charge in [0.1, 0.15) is 11.4 Å². The summed E-state index contributed by atoms with van der Waals surface area (Å²) >= 11 is 5.27. The number of carbonyl (C=O) groups is 1. The predicted molar refractivity (Wildman–Crippen MR) is 110 cm³/mol. The summed E-state index contributed by atoms with van der Waals surface area (Å²) in [7, 11) is 4.34. The Hall–Kier alpha value is -3.66. The highest BCUT2D eigenvalue weighted by atomic mass is 32.1. The van der Waals surface area contributed by atoms with Crippen molar-refractivity contribution in [2.75, 3.05) is 26.2 Å². The van der Waals surface area contributed by atoms with Crippen molar-refractivity contribution in [3.05, 3.63) is 57.8 Å². The fourth-order valence-electron chi connectivity index (χ4n) is 2.81. The lowest BCUT2D eigenvalue weighted by Gasteiger charge is -2.14. The summed E-state index contributed by atoms with van der Waals surface area (Å²) in [4.78, 5) is 25.1. The molecule has 150 valence electrons. The third kappa shape index (κ3) is 3.83. The summed E-state index contributed by atoms with van der Waals surface area (Å²) in [5.74, 6) is 0.702. The van der Waals surface area contributed by atoms with Gasteiger partial charge in [-0.15, -0.1) is 0 Å². The van der Waals surface area contributed by atoms with Crippen LogP contribution in [-0.4, -0.2) is 37.3 Å². The number of nitrogens with one attached hydrogen (secondary N) is 1. The van der Waals surface area contributed by atoms with E-state index in [4.69, 9.17) is 26.4 Å². The number of amides is 1. The molecule has 0 saturated carbocycles. The molecule has 1 saturated heterocycles. The maximum absolute atomic E-state index is 12.9. The fourth-order valence-corrected chi connectivity index (χ4v) is 3.11. The van der Waals surface area contributed by atoms with Crippen molar-refractivity contribution >= 4 is 40.7 Å². The average molecular weight is 415 g/mol. The molecule has 0 radical (unpaired) electrons. The van der Waals surface area contributed by atoms with Crippen LogP contribution in [-0.2, 0) is 4.79 Å². The van der Waals surface area contributed by atoms with Crippen LogP contribution in [0.3, 0.4) is 0 Å². The van der Waals surface area contributed by atoms with Crippen molar-refractivity contribution in [3.8, 4) is 17.2 Å². The van der Waals surface area contributed by atoms with E-state index in [0.29, 0.717) is 17.2 Å². The normalized spacial score (nSPS) is 14.7. The maximum Gasteiger partial charge on any atom is 0.281 e. The minimum atomic E-state index is -0.562. The van der Waals surface area contributed by atoms with Gasteiger partial charge in [0.25, 0.3) is 11.6 Å². The number of hydrogen-bond acceptors (Lipinski definition) is 7. The van der Waals surface area contributed by atoms with E-state index in [1.165, 1.54) is 37.3 Å². The summed E-state index contributed by atoms with van der Waals surface area (Å²) in [6.45, 7) is 0. The SMILES string of the molecule is COc1ccc(N2C(=O)/C(=C/c3cc(OC)c(OC)cc3[N+](=O)[O-])NC2=S)cc1. The molecular weight excluding hydrogens is 398 g/mol. The molecule has 10 heteroatoms. The van der Waals surface area contributed by atoms with E-state index in [1.54, 1.807) is 31.4 Å². The van der Waals surface area contributed by atoms with E-state index in [9.17, 15) is 14.9 Å². The van der Waals surface area contributed by atoms with E-state index in [1.807, 2.05) is 0 Å². The number of rotatable bonds is 6. The van der Waals surface area contributed by atoms with Gasteiger partial charge in [-0.2, -0.15) is 0 Å². The van der Waals surface area contributed by atoms with E-state index >= 15 is 0 Å². The van der Waals surface area contributed by atoms with Crippen LogP contribution in [0.5, 0.6) is 17.2 Å². The molecule has 2 aromatic carbocycles. The molecule has 1 fully saturated rings. The zero-order valence-corrected chi connectivity index (χ0v) is 16.6. The van der Waals surface area contributed by atoms with Crippen molar-refractivity contribution in [2.24, 2.45) is 0 Å². The minimum Gasteiger partial charge on any atom is -0.497 e. The Labute approximate surface area is 171 Å². The Morgan fingerprint density at radius 3 is 2.24 bits per heavy atom. The number of hydrogen-bond donors (Lipinski definition) is 1. The summed E-state index contributed by atoms with van der Waals surface area (Å²) in [5, 5.41) is 14.4. The monoisotopic (exact) mass is 415 g/mol. The van der Waals surface area contributed by atoms with Gasteiger partial charge < -0.3 is 19.5 Å². The summed E-state index contributed by atoms with van der Waals surface area (Å²) < 4.78 is 15.4. The van der Waals surface area contributed by atoms with Crippen LogP contribution in [0.15, 0.2) is 42.1 Å². The first-order valence-corrected chi connectivity index (χ1v) is 8.72. The fraction of sp³-hybridized carbons (Fsp3) is 0.158. The van der Waals surface area contributed by atoms with E-state index in [2.05, 4.69) is 5.32 Å². The second-order valence-corrected chi connectivity index (χ2v) is 6.24. The topological polar surface area (TPSA) is 103 Å². The van der Waals surface area contributed by atoms with Gasteiger partial charge in [-0.05, 0) is 48.6 Å². The lowest BCUT2D eigenvalue weighted by Crippen LogP contribution is -2.30. The van der Waals surface area contributed by atoms with Gasteiger partial charge in [0.2, 0.25) is 0 Å². The Morgan fingerprint density at radius 1 is 1.07 bits per heavy atom. The summed E-state index contributed by atoms with van der Waals surface area (Å²) in [6.07, 6.45) is 1.36. The van der Waals surface area contributed by atoms with Gasteiger partial charge in [0, 0.05) is 0 Å². The molecule has 1 amide bonds.